The normalized spacial score (nSPS) is 11.1. The number of rotatable bonds is 3. The molecule has 2 rings (SSSR count). The lowest BCUT2D eigenvalue weighted by Crippen LogP contribution is -1.79. The highest BCUT2D eigenvalue weighted by Crippen LogP contribution is 2.23. The van der Waals surface area contributed by atoms with Crippen LogP contribution in [0.5, 0.6) is 0 Å². The number of thiophene rings is 1. The van der Waals surface area contributed by atoms with Crippen LogP contribution < -0.4 is 0 Å². The van der Waals surface area contributed by atoms with Crippen molar-refractivity contribution in [1.29, 1.82) is 0 Å². The van der Waals surface area contributed by atoms with Crippen LogP contribution in [0.15, 0.2) is 11.7 Å². The molecule has 0 bridgehead atoms. The molecule has 3 heteroatoms. The fourth-order valence-corrected chi connectivity index (χ4v) is 2.29. The molecule has 0 atom stereocenters. The number of nitrogens with zero attached hydrogens (tertiary/aromatic N) is 1. The van der Waals surface area contributed by atoms with Gasteiger partial charge in [-0.3, -0.25) is 0 Å². The predicted molar refractivity (Wildman–Crippen MR) is 52.6 cm³/mol. The summed E-state index contributed by atoms with van der Waals surface area (Å²) in [6.45, 7) is 2.22. The SMILES string of the molecule is CCCCc1scc2[nH]cnc12. The van der Waals surface area contributed by atoms with E-state index in [2.05, 4.69) is 22.3 Å². The average molecular weight is 180 g/mol. The molecular weight excluding hydrogens is 168 g/mol. The minimum Gasteiger partial charge on any atom is -0.344 e. The van der Waals surface area contributed by atoms with E-state index < -0.39 is 0 Å². The van der Waals surface area contributed by atoms with Gasteiger partial charge in [0.15, 0.2) is 0 Å². The van der Waals surface area contributed by atoms with Crippen molar-refractivity contribution < 1.29 is 0 Å². The Morgan fingerprint density at radius 3 is 3.33 bits per heavy atom. The summed E-state index contributed by atoms with van der Waals surface area (Å²) in [6, 6.07) is 0. The van der Waals surface area contributed by atoms with Gasteiger partial charge in [-0.2, -0.15) is 0 Å². The van der Waals surface area contributed by atoms with Gasteiger partial charge in [0.1, 0.15) is 5.52 Å². The van der Waals surface area contributed by atoms with Crippen molar-refractivity contribution in [2.75, 3.05) is 0 Å². The van der Waals surface area contributed by atoms with Gasteiger partial charge in [0.2, 0.25) is 0 Å². The number of aromatic nitrogens is 2. The third-order valence-electron chi connectivity index (χ3n) is 2.01. The lowest BCUT2D eigenvalue weighted by atomic mass is 10.2. The van der Waals surface area contributed by atoms with Crippen molar-refractivity contribution in [3.8, 4) is 0 Å². The Kier molecular flexibility index (Phi) is 2.13. The molecule has 0 aliphatic carbocycles. The van der Waals surface area contributed by atoms with Gasteiger partial charge in [0.25, 0.3) is 0 Å². The van der Waals surface area contributed by atoms with Crippen LogP contribution in [0, 0.1) is 0 Å². The lowest BCUT2D eigenvalue weighted by molar-refractivity contribution is 0.806. The Morgan fingerprint density at radius 2 is 2.50 bits per heavy atom. The molecule has 64 valence electrons. The van der Waals surface area contributed by atoms with Gasteiger partial charge in [0, 0.05) is 10.3 Å². The van der Waals surface area contributed by atoms with Crippen LogP contribution in [0.25, 0.3) is 11.0 Å². The molecule has 0 spiro atoms. The Balaban J connectivity index is 2.28. The number of imidazole rings is 1. The van der Waals surface area contributed by atoms with Crippen molar-refractivity contribution >= 4 is 22.4 Å². The van der Waals surface area contributed by atoms with Crippen molar-refractivity contribution in [3.63, 3.8) is 0 Å². The Morgan fingerprint density at radius 1 is 1.58 bits per heavy atom. The monoisotopic (exact) mass is 180 g/mol. The molecule has 0 unspecified atom stereocenters. The maximum atomic E-state index is 4.29. The second-order valence-corrected chi connectivity index (χ2v) is 3.89. The summed E-state index contributed by atoms with van der Waals surface area (Å²) >= 11 is 1.82. The summed E-state index contributed by atoms with van der Waals surface area (Å²) in [5, 5.41) is 2.15. The molecule has 2 aromatic rings. The number of unbranched alkanes of at least 4 members (excludes halogenated alkanes) is 1. The van der Waals surface area contributed by atoms with E-state index in [4.69, 9.17) is 0 Å². The number of fused-ring (bicyclic) bond motifs is 1. The second kappa shape index (κ2) is 3.27. The van der Waals surface area contributed by atoms with E-state index in [1.165, 1.54) is 35.2 Å². The minimum atomic E-state index is 1.17. The van der Waals surface area contributed by atoms with E-state index in [0.717, 1.165) is 0 Å². The summed E-state index contributed by atoms with van der Waals surface area (Å²) in [5.74, 6) is 0. The van der Waals surface area contributed by atoms with E-state index in [0.29, 0.717) is 0 Å². The van der Waals surface area contributed by atoms with Gasteiger partial charge in [-0.15, -0.1) is 11.3 Å². The van der Waals surface area contributed by atoms with Gasteiger partial charge in [0.05, 0.1) is 11.8 Å². The molecule has 0 aliphatic heterocycles. The molecule has 0 aromatic carbocycles. The molecule has 2 heterocycles. The first-order chi connectivity index (χ1) is 5.92. The largest absolute Gasteiger partial charge is 0.344 e. The first-order valence-electron chi connectivity index (χ1n) is 4.31. The minimum absolute atomic E-state index is 1.17. The summed E-state index contributed by atoms with van der Waals surface area (Å²) in [6.07, 6.45) is 5.47. The van der Waals surface area contributed by atoms with Gasteiger partial charge in [-0.05, 0) is 12.8 Å². The number of nitrogens with one attached hydrogen (secondary N) is 1. The van der Waals surface area contributed by atoms with Crippen molar-refractivity contribution in [2.24, 2.45) is 0 Å². The Bertz CT molecular complexity index is 361. The van der Waals surface area contributed by atoms with Crippen molar-refractivity contribution in [1.82, 2.24) is 9.97 Å². The third kappa shape index (κ3) is 1.25. The molecule has 1 N–H and O–H groups in total. The highest BCUT2D eigenvalue weighted by atomic mass is 32.1. The van der Waals surface area contributed by atoms with Crippen LogP contribution in [-0.2, 0) is 6.42 Å². The molecule has 0 fully saturated rings. The Hall–Kier alpha value is -0.830. The number of aromatic amines is 1. The number of aryl methyl sites for hydroxylation is 1. The van der Waals surface area contributed by atoms with Crippen LogP contribution in [-0.4, -0.2) is 9.97 Å². The lowest BCUT2D eigenvalue weighted by Gasteiger charge is -1.92. The summed E-state index contributed by atoms with van der Waals surface area (Å²) in [7, 11) is 0. The highest BCUT2D eigenvalue weighted by Gasteiger charge is 2.04. The zero-order valence-corrected chi connectivity index (χ0v) is 7.95. The fraction of sp³-hybridized carbons (Fsp3) is 0.444. The van der Waals surface area contributed by atoms with Gasteiger partial charge >= 0.3 is 0 Å². The van der Waals surface area contributed by atoms with Crippen LogP contribution in [0.1, 0.15) is 24.6 Å². The maximum absolute atomic E-state index is 4.29. The maximum Gasteiger partial charge on any atom is 0.102 e. The van der Waals surface area contributed by atoms with E-state index in [9.17, 15) is 0 Å². The first kappa shape index (κ1) is 7.80. The van der Waals surface area contributed by atoms with Crippen LogP contribution in [0.2, 0.25) is 0 Å². The second-order valence-electron chi connectivity index (χ2n) is 2.93. The predicted octanol–water partition coefficient (Wildman–Crippen LogP) is 2.97. The average Bonchev–Trinajstić information content (AvgIpc) is 2.62. The number of hydrogen-bond acceptors (Lipinski definition) is 2. The zero-order valence-electron chi connectivity index (χ0n) is 7.13. The van der Waals surface area contributed by atoms with E-state index in [-0.39, 0.29) is 0 Å². The molecule has 0 saturated carbocycles. The smallest absolute Gasteiger partial charge is 0.102 e. The summed E-state index contributed by atoms with van der Waals surface area (Å²) in [5.41, 5.74) is 2.36. The molecule has 2 aromatic heterocycles. The molecule has 0 saturated heterocycles. The standard InChI is InChI=1S/C9H12N2S/c1-2-3-4-8-9-7(5-12-8)10-6-11-9/h5-6H,2-4H2,1H3,(H,10,11). The molecule has 12 heavy (non-hydrogen) atoms. The van der Waals surface area contributed by atoms with Crippen molar-refractivity contribution in [3.05, 3.63) is 16.6 Å². The van der Waals surface area contributed by atoms with Gasteiger partial charge in [-0.1, -0.05) is 13.3 Å². The number of hydrogen-bond donors (Lipinski definition) is 1. The zero-order chi connectivity index (χ0) is 8.39. The topological polar surface area (TPSA) is 28.7 Å². The number of H-pyrrole nitrogens is 1. The Labute approximate surface area is 75.6 Å². The summed E-state index contributed by atoms with van der Waals surface area (Å²) in [4.78, 5) is 8.83. The molecule has 0 amide bonds. The van der Waals surface area contributed by atoms with Gasteiger partial charge in [-0.25, -0.2) is 4.98 Å². The van der Waals surface area contributed by atoms with Crippen LogP contribution >= 0.6 is 11.3 Å². The summed E-state index contributed by atoms with van der Waals surface area (Å²) < 4.78 is 0. The van der Waals surface area contributed by atoms with Crippen LogP contribution in [0.4, 0.5) is 0 Å². The quantitative estimate of drug-likeness (QED) is 0.773. The van der Waals surface area contributed by atoms with E-state index in [1.54, 1.807) is 6.33 Å². The molecule has 0 radical (unpaired) electrons. The first-order valence-corrected chi connectivity index (χ1v) is 5.19. The van der Waals surface area contributed by atoms with E-state index in [1.807, 2.05) is 11.3 Å². The third-order valence-corrected chi connectivity index (χ3v) is 3.04. The molecule has 0 aliphatic rings. The highest BCUT2D eigenvalue weighted by molar-refractivity contribution is 7.11. The molecular formula is C9H12N2S. The van der Waals surface area contributed by atoms with Gasteiger partial charge < -0.3 is 4.98 Å². The fourth-order valence-electron chi connectivity index (χ4n) is 1.32. The van der Waals surface area contributed by atoms with Crippen LogP contribution in [0.3, 0.4) is 0 Å². The molecule has 2 nitrogen and oxygen atoms in total. The van der Waals surface area contributed by atoms with Crippen molar-refractivity contribution in [2.45, 2.75) is 26.2 Å². The van der Waals surface area contributed by atoms with E-state index >= 15 is 0 Å².